The zero-order chi connectivity index (χ0) is 30.3. The van der Waals surface area contributed by atoms with Crippen molar-refractivity contribution in [3.63, 3.8) is 0 Å². The van der Waals surface area contributed by atoms with Crippen LogP contribution in [0.1, 0.15) is 163 Å². The third-order valence-electron chi connectivity index (χ3n) is 8.59. The van der Waals surface area contributed by atoms with E-state index in [1.54, 1.807) is 0 Å². The summed E-state index contributed by atoms with van der Waals surface area (Å²) in [6.07, 6.45) is 22.7. The summed E-state index contributed by atoms with van der Waals surface area (Å²) in [6.45, 7) is 10.5. The molecule has 4 amide bonds. The Morgan fingerprint density at radius 1 is 0.732 bits per heavy atom. The van der Waals surface area contributed by atoms with Crippen molar-refractivity contribution in [2.24, 2.45) is 5.92 Å². The zero-order valence-electron chi connectivity index (χ0n) is 26.9. The first-order valence-corrected chi connectivity index (χ1v) is 16.7. The van der Waals surface area contributed by atoms with Gasteiger partial charge in [-0.1, -0.05) is 110 Å². The molecule has 2 aliphatic rings. The van der Waals surface area contributed by atoms with E-state index in [-0.39, 0.29) is 23.5 Å². The number of amides is 4. The summed E-state index contributed by atoms with van der Waals surface area (Å²) in [5.41, 5.74) is 1.90. The predicted octanol–water partition coefficient (Wildman–Crippen LogP) is 6.47. The fourth-order valence-corrected chi connectivity index (χ4v) is 6.80. The summed E-state index contributed by atoms with van der Waals surface area (Å²) in [5.74, 6) is -3.04. The van der Waals surface area contributed by atoms with E-state index >= 15 is 0 Å². The molecule has 0 saturated carbocycles. The minimum absolute atomic E-state index is 0.0934. The highest BCUT2D eigenvalue weighted by molar-refractivity contribution is 6.35. The van der Waals surface area contributed by atoms with Gasteiger partial charge in [-0.25, -0.2) is 5.43 Å². The molecule has 2 aliphatic heterocycles. The van der Waals surface area contributed by atoms with Crippen LogP contribution in [0.3, 0.4) is 0 Å². The number of nitrogens with one attached hydrogen (secondary N) is 3. The van der Waals surface area contributed by atoms with Crippen molar-refractivity contribution in [1.82, 2.24) is 21.1 Å². The lowest BCUT2D eigenvalue weighted by atomic mass is 9.79. The van der Waals surface area contributed by atoms with Gasteiger partial charge < -0.3 is 10.6 Å². The molecule has 0 aromatic heterocycles. The Balaban J connectivity index is 1.54. The van der Waals surface area contributed by atoms with Crippen LogP contribution in [0.15, 0.2) is 0 Å². The first-order valence-electron chi connectivity index (χ1n) is 16.7. The molecule has 0 aliphatic carbocycles. The van der Waals surface area contributed by atoms with Crippen molar-refractivity contribution >= 4 is 23.6 Å². The number of unbranched alkanes of at least 4 members (excludes halogenated alkanes) is 15. The molecule has 2 fully saturated rings. The molecule has 2 heterocycles. The molecule has 2 saturated heterocycles. The Morgan fingerprint density at radius 2 is 1.17 bits per heavy atom. The zero-order valence-corrected chi connectivity index (χ0v) is 26.9. The van der Waals surface area contributed by atoms with Gasteiger partial charge in [-0.15, -0.1) is 0 Å². The first kappa shape index (κ1) is 35.2. The van der Waals surface area contributed by atoms with Crippen molar-refractivity contribution in [3.8, 4) is 0 Å². The van der Waals surface area contributed by atoms with Crippen molar-refractivity contribution in [2.75, 3.05) is 0 Å². The number of carbonyl (C=O) groups is 4. The van der Waals surface area contributed by atoms with Gasteiger partial charge in [0.1, 0.15) is 0 Å². The Labute approximate surface area is 249 Å². The monoisotopic (exact) mass is 576 g/mol. The van der Waals surface area contributed by atoms with Gasteiger partial charge in [-0.2, -0.15) is 5.01 Å². The third-order valence-corrected chi connectivity index (χ3v) is 8.59. The number of imide groups is 1. The van der Waals surface area contributed by atoms with E-state index < -0.39 is 29.5 Å². The number of rotatable bonds is 19. The Kier molecular flexibility index (Phi) is 15.4. The van der Waals surface area contributed by atoms with E-state index in [1.807, 2.05) is 0 Å². The molecule has 0 radical (unpaired) electrons. The molecule has 0 bridgehead atoms. The predicted molar refractivity (Wildman–Crippen MR) is 165 cm³/mol. The van der Waals surface area contributed by atoms with Crippen LogP contribution in [0.25, 0.3) is 0 Å². The van der Waals surface area contributed by atoms with E-state index in [2.05, 4.69) is 50.7 Å². The Hall–Kier alpha value is -1.96. The smallest absolute Gasteiger partial charge is 0.328 e. The summed E-state index contributed by atoms with van der Waals surface area (Å²) < 4.78 is 0. The van der Waals surface area contributed by atoms with E-state index in [9.17, 15) is 19.2 Å². The summed E-state index contributed by atoms with van der Waals surface area (Å²) in [7, 11) is 0. The van der Waals surface area contributed by atoms with Gasteiger partial charge >= 0.3 is 11.8 Å². The molecule has 1 atom stereocenters. The van der Waals surface area contributed by atoms with Crippen LogP contribution in [-0.2, 0) is 19.2 Å². The van der Waals surface area contributed by atoms with Crippen LogP contribution in [0.4, 0.5) is 0 Å². The fraction of sp³-hybridized carbons (Fsp3) is 0.879. The third kappa shape index (κ3) is 13.7. The van der Waals surface area contributed by atoms with E-state index in [4.69, 9.17) is 0 Å². The number of hydrazine groups is 1. The van der Waals surface area contributed by atoms with Gasteiger partial charge in [0.2, 0.25) is 5.91 Å². The lowest BCUT2D eigenvalue weighted by molar-refractivity contribution is -0.151. The van der Waals surface area contributed by atoms with E-state index in [0.717, 1.165) is 24.3 Å². The lowest BCUT2D eigenvalue weighted by Gasteiger charge is -2.46. The average molecular weight is 577 g/mol. The molecule has 8 heteroatoms. The highest BCUT2D eigenvalue weighted by Crippen LogP contribution is 2.28. The summed E-state index contributed by atoms with van der Waals surface area (Å²) in [5, 5.41) is 7.09. The molecule has 0 spiro atoms. The van der Waals surface area contributed by atoms with Gasteiger partial charge in [-0.3, -0.25) is 19.2 Å². The van der Waals surface area contributed by atoms with Crippen molar-refractivity contribution in [2.45, 2.75) is 180 Å². The minimum atomic E-state index is -0.969. The highest BCUT2D eigenvalue weighted by atomic mass is 16.2. The molecule has 3 N–H and O–H groups in total. The first-order chi connectivity index (χ1) is 19.4. The maximum atomic E-state index is 12.8. The quantitative estimate of drug-likeness (QED) is 0.0928. The number of piperidine rings is 1. The number of hydrogen-bond donors (Lipinski definition) is 3. The van der Waals surface area contributed by atoms with Crippen LogP contribution in [0.2, 0.25) is 0 Å². The normalized spacial score (nSPS) is 20.4. The molecule has 0 aromatic rings. The highest BCUT2D eigenvalue weighted by Gasteiger charge is 2.41. The van der Waals surface area contributed by atoms with Crippen molar-refractivity contribution in [1.29, 1.82) is 0 Å². The fourth-order valence-electron chi connectivity index (χ4n) is 6.80. The minimum Gasteiger partial charge on any atom is -0.345 e. The second-order valence-electron chi connectivity index (χ2n) is 14.0. The van der Waals surface area contributed by atoms with Gasteiger partial charge in [0, 0.05) is 29.5 Å². The van der Waals surface area contributed by atoms with Crippen molar-refractivity contribution in [3.05, 3.63) is 0 Å². The molecule has 2 rings (SSSR count). The SMILES string of the molecule is CCCCCCCCCCCCCCCCCCC1CC(=O)N(NC(=O)C(=O)NC2CC(C)(C)NC(C)(C)C2)C1=O. The number of nitrogens with zero attached hydrogens (tertiary/aromatic N) is 1. The maximum Gasteiger partial charge on any atom is 0.328 e. The summed E-state index contributed by atoms with van der Waals surface area (Å²) >= 11 is 0. The summed E-state index contributed by atoms with van der Waals surface area (Å²) in [6, 6.07) is -0.174. The van der Waals surface area contributed by atoms with Gasteiger partial charge in [0.15, 0.2) is 0 Å². The van der Waals surface area contributed by atoms with Crippen molar-refractivity contribution < 1.29 is 19.2 Å². The Morgan fingerprint density at radius 3 is 1.63 bits per heavy atom. The van der Waals surface area contributed by atoms with E-state index in [1.165, 1.54) is 83.5 Å². The van der Waals surface area contributed by atoms with Gasteiger partial charge in [-0.05, 0) is 47.0 Å². The summed E-state index contributed by atoms with van der Waals surface area (Å²) in [4.78, 5) is 50.3. The molecule has 0 aromatic carbocycles. The number of hydrogen-bond acceptors (Lipinski definition) is 5. The van der Waals surface area contributed by atoms with E-state index in [0.29, 0.717) is 19.3 Å². The molecule has 236 valence electrons. The topological polar surface area (TPSA) is 108 Å². The van der Waals surface area contributed by atoms with Crippen LogP contribution >= 0.6 is 0 Å². The van der Waals surface area contributed by atoms with Gasteiger partial charge in [0.25, 0.3) is 5.91 Å². The molecule has 8 nitrogen and oxygen atoms in total. The lowest BCUT2D eigenvalue weighted by Crippen LogP contribution is -2.63. The maximum absolute atomic E-state index is 12.8. The molecular formula is C33H60N4O4. The second-order valence-corrected chi connectivity index (χ2v) is 14.0. The van der Waals surface area contributed by atoms with Crippen LogP contribution in [0, 0.1) is 5.92 Å². The Bertz CT molecular complexity index is 825. The largest absolute Gasteiger partial charge is 0.345 e. The molecule has 1 unspecified atom stereocenters. The number of carbonyl (C=O) groups excluding carboxylic acids is 4. The van der Waals surface area contributed by atoms with Gasteiger partial charge in [0.05, 0.1) is 0 Å². The standard InChI is InChI=1S/C33H60N4O4/c1-6-7-8-9-10-11-12-13-14-15-16-17-18-19-20-21-22-26-23-28(38)37(31(26)41)35-30(40)29(39)34-27-24-32(2,3)36-33(4,5)25-27/h26-27,36H,6-25H2,1-5H3,(H,34,39)(H,35,40). The molecular weight excluding hydrogens is 516 g/mol. The second kappa shape index (κ2) is 17.9. The molecule has 41 heavy (non-hydrogen) atoms. The van der Waals surface area contributed by atoms with Crippen LogP contribution in [0.5, 0.6) is 0 Å². The average Bonchev–Trinajstić information content (AvgIpc) is 3.13. The van der Waals surface area contributed by atoms with Crippen LogP contribution < -0.4 is 16.1 Å². The van der Waals surface area contributed by atoms with Crippen LogP contribution in [-0.4, -0.2) is 45.8 Å².